The minimum absolute atomic E-state index is 0.196. The Morgan fingerprint density at radius 3 is 2.07 bits per heavy atom. The van der Waals surface area contributed by atoms with Gasteiger partial charge in [-0.2, -0.15) is 4.72 Å². The van der Waals surface area contributed by atoms with Crippen LogP contribution in [0.15, 0.2) is 59.5 Å². The predicted molar refractivity (Wildman–Crippen MR) is 105 cm³/mol. The average Bonchev–Trinajstić information content (AvgIpc) is 2.66. The van der Waals surface area contributed by atoms with Crippen LogP contribution in [-0.2, 0) is 19.5 Å². The van der Waals surface area contributed by atoms with Gasteiger partial charge in [0.1, 0.15) is 6.04 Å². The fourth-order valence-electron chi connectivity index (χ4n) is 2.35. The molecule has 1 atom stereocenters. The third-order valence-corrected chi connectivity index (χ3v) is 5.16. The summed E-state index contributed by atoms with van der Waals surface area (Å²) in [5.74, 6) is 5.83. The van der Waals surface area contributed by atoms with Gasteiger partial charge in [0.25, 0.3) is 0 Å². The quantitative estimate of drug-likeness (QED) is 0.557. The Labute approximate surface area is 161 Å². The first-order valence-corrected chi connectivity index (χ1v) is 10.3. The molecule has 0 saturated carbocycles. The van der Waals surface area contributed by atoms with Gasteiger partial charge in [0.15, 0.2) is 0 Å². The summed E-state index contributed by atoms with van der Waals surface area (Å²) in [6, 6.07) is 15.2. The van der Waals surface area contributed by atoms with Crippen LogP contribution < -0.4 is 4.72 Å². The van der Waals surface area contributed by atoms with E-state index in [1.54, 1.807) is 24.3 Å². The maximum Gasteiger partial charge on any atom is 0.241 e. The Balaban J connectivity index is 2.32. The zero-order chi connectivity index (χ0) is 19.7. The Hall–Kier alpha value is -2.17. The zero-order valence-corrected chi connectivity index (χ0v) is 16.6. The molecule has 2 rings (SSSR count). The van der Waals surface area contributed by atoms with Gasteiger partial charge < -0.3 is 9.47 Å². The van der Waals surface area contributed by atoms with Crippen LogP contribution in [0, 0.1) is 18.8 Å². The third-order valence-electron chi connectivity index (χ3n) is 3.72. The van der Waals surface area contributed by atoms with Crippen LogP contribution in [-0.4, -0.2) is 27.9 Å². The van der Waals surface area contributed by atoms with Gasteiger partial charge in [-0.25, -0.2) is 8.42 Å². The van der Waals surface area contributed by atoms with Crippen LogP contribution in [0.1, 0.15) is 31.0 Å². The first kappa shape index (κ1) is 21.1. The van der Waals surface area contributed by atoms with Gasteiger partial charge in [-0.1, -0.05) is 53.9 Å². The lowest BCUT2D eigenvalue weighted by molar-refractivity contribution is -0.0970. The molecule has 2 aromatic rings. The molecule has 0 radical (unpaired) electrons. The van der Waals surface area contributed by atoms with Crippen LogP contribution in [0.2, 0.25) is 0 Å². The summed E-state index contributed by atoms with van der Waals surface area (Å²) in [4.78, 5) is 0.196. The van der Waals surface area contributed by atoms with E-state index in [0.717, 1.165) is 11.1 Å². The van der Waals surface area contributed by atoms with E-state index in [1.165, 1.54) is 0 Å². The molecular formula is C21H25NO4S. The van der Waals surface area contributed by atoms with Gasteiger partial charge in [-0.15, -0.1) is 0 Å². The summed E-state index contributed by atoms with van der Waals surface area (Å²) >= 11 is 0. The first-order chi connectivity index (χ1) is 13.0. The van der Waals surface area contributed by atoms with Crippen LogP contribution in [0.3, 0.4) is 0 Å². The van der Waals surface area contributed by atoms with Crippen molar-refractivity contribution in [1.29, 1.82) is 0 Å². The maximum atomic E-state index is 12.8. The Morgan fingerprint density at radius 2 is 1.52 bits per heavy atom. The molecule has 0 bridgehead atoms. The average molecular weight is 388 g/mol. The van der Waals surface area contributed by atoms with Crippen LogP contribution in [0.4, 0.5) is 0 Å². The van der Waals surface area contributed by atoms with E-state index in [0.29, 0.717) is 13.2 Å². The van der Waals surface area contributed by atoms with Crippen molar-refractivity contribution in [3.05, 3.63) is 65.7 Å². The molecule has 0 spiro atoms. The Bertz CT molecular complexity index is 862. The fourth-order valence-corrected chi connectivity index (χ4v) is 3.49. The molecule has 5 nitrogen and oxygen atoms in total. The van der Waals surface area contributed by atoms with Crippen molar-refractivity contribution < 1.29 is 17.9 Å². The van der Waals surface area contributed by atoms with E-state index < -0.39 is 22.4 Å². The van der Waals surface area contributed by atoms with Crippen LogP contribution in [0.5, 0.6) is 0 Å². The highest BCUT2D eigenvalue weighted by Gasteiger charge is 2.20. The van der Waals surface area contributed by atoms with E-state index in [4.69, 9.17) is 9.47 Å². The standard InChI is InChI=1S/C21H25NO4S/c1-4-25-21(26-5-2)16-15-20(18-9-7-6-8-10-18)22-27(23,24)19-13-11-17(3)12-14-19/h6-14,20-22H,4-5H2,1-3H3. The molecule has 0 saturated heterocycles. The number of nitrogens with one attached hydrogen (secondary N) is 1. The van der Waals surface area contributed by atoms with Crippen molar-refractivity contribution in [2.45, 2.75) is 38.0 Å². The minimum atomic E-state index is -3.73. The van der Waals surface area contributed by atoms with E-state index >= 15 is 0 Å². The molecule has 0 aliphatic carbocycles. The Kier molecular flexibility index (Phi) is 8.01. The van der Waals surface area contributed by atoms with Gasteiger partial charge in [0.05, 0.1) is 4.90 Å². The summed E-state index contributed by atoms with van der Waals surface area (Å²) in [7, 11) is -3.73. The lowest BCUT2D eigenvalue weighted by Crippen LogP contribution is -2.28. The fraction of sp³-hybridized carbons (Fsp3) is 0.333. The number of aryl methyl sites for hydroxylation is 1. The number of hydrogen-bond donors (Lipinski definition) is 1. The summed E-state index contributed by atoms with van der Waals surface area (Å²) in [6.07, 6.45) is -0.699. The second-order valence-corrected chi connectivity index (χ2v) is 7.52. The van der Waals surface area contributed by atoms with Crippen molar-refractivity contribution in [3.63, 3.8) is 0 Å². The molecule has 0 aliphatic heterocycles. The van der Waals surface area contributed by atoms with Gasteiger partial charge in [-0.05, 0) is 44.4 Å². The van der Waals surface area contributed by atoms with Gasteiger partial charge in [0.2, 0.25) is 16.3 Å². The van der Waals surface area contributed by atoms with Crippen molar-refractivity contribution in [2.24, 2.45) is 0 Å². The van der Waals surface area contributed by atoms with Crippen molar-refractivity contribution in [3.8, 4) is 11.8 Å². The molecule has 0 aromatic heterocycles. The lowest BCUT2D eigenvalue weighted by atomic mass is 10.1. The number of benzene rings is 2. The molecule has 1 unspecified atom stereocenters. The molecule has 0 fully saturated rings. The highest BCUT2D eigenvalue weighted by molar-refractivity contribution is 7.89. The highest BCUT2D eigenvalue weighted by Crippen LogP contribution is 2.17. The molecule has 0 amide bonds. The van der Waals surface area contributed by atoms with Crippen molar-refractivity contribution >= 4 is 10.0 Å². The van der Waals surface area contributed by atoms with Crippen molar-refractivity contribution in [2.75, 3.05) is 13.2 Å². The number of sulfonamides is 1. The molecular weight excluding hydrogens is 362 g/mol. The molecule has 1 N–H and O–H groups in total. The molecule has 0 aliphatic rings. The second-order valence-electron chi connectivity index (χ2n) is 5.81. The predicted octanol–water partition coefficient (Wildman–Crippen LogP) is 3.42. The van der Waals surface area contributed by atoms with Gasteiger partial charge in [-0.3, -0.25) is 0 Å². The third kappa shape index (κ3) is 6.49. The van der Waals surface area contributed by atoms with Crippen LogP contribution in [0.25, 0.3) is 0 Å². The second kappa shape index (κ2) is 10.2. The van der Waals surface area contributed by atoms with E-state index in [2.05, 4.69) is 16.6 Å². The molecule has 0 heterocycles. The minimum Gasteiger partial charge on any atom is -0.342 e. The highest BCUT2D eigenvalue weighted by atomic mass is 32.2. The normalized spacial score (nSPS) is 12.4. The van der Waals surface area contributed by atoms with Gasteiger partial charge in [0, 0.05) is 13.2 Å². The molecule has 2 aromatic carbocycles. The molecule has 6 heteroatoms. The summed E-state index contributed by atoms with van der Waals surface area (Å²) in [5, 5.41) is 0. The first-order valence-electron chi connectivity index (χ1n) is 8.84. The largest absolute Gasteiger partial charge is 0.342 e. The molecule has 144 valence electrons. The summed E-state index contributed by atoms with van der Waals surface area (Å²) in [5.41, 5.74) is 1.73. The lowest BCUT2D eigenvalue weighted by Gasteiger charge is -2.15. The smallest absolute Gasteiger partial charge is 0.241 e. The number of ether oxygens (including phenoxy) is 2. The zero-order valence-electron chi connectivity index (χ0n) is 15.8. The monoisotopic (exact) mass is 387 g/mol. The van der Waals surface area contributed by atoms with Crippen molar-refractivity contribution in [1.82, 2.24) is 4.72 Å². The summed E-state index contributed by atoms with van der Waals surface area (Å²) < 4.78 is 39.1. The SMILES string of the molecule is CCOC(C#CC(NS(=O)(=O)c1ccc(C)cc1)c1ccccc1)OCC. The van der Waals surface area contributed by atoms with Crippen LogP contribution >= 0.6 is 0 Å². The maximum absolute atomic E-state index is 12.8. The topological polar surface area (TPSA) is 64.6 Å². The Morgan fingerprint density at radius 1 is 0.926 bits per heavy atom. The molecule has 27 heavy (non-hydrogen) atoms. The van der Waals surface area contributed by atoms with E-state index in [1.807, 2.05) is 51.1 Å². The van der Waals surface area contributed by atoms with E-state index in [9.17, 15) is 8.42 Å². The number of rotatable bonds is 8. The van der Waals surface area contributed by atoms with Gasteiger partial charge >= 0.3 is 0 Å². The summed E-state index contributed by atoms with van der Waals surface area (Å²) in [6.45, 7) is 6.50. The van der Waals surface area contributed by atoms with E-state index in [-0.39, 0.29) is 4.90 Å². The number of hydrogen-bond acceptors (Lipinski definition) is 4.